The molecule has 7 nitrogen and oxygen atoms in total. The molecule has 2 heterocycles. The van der Waals surface area contributed by atoms with Crippen molar-refractivity contribution in [2.24, 2.45) is 5.73 Å². The second-order valence-electron chi connectivity index (χ2n) is 5.78. The number of carbonyl (C=O) groups is 1. The van der Waals surface area contributed by atoms with Crippen LogP contribution in [0.5, 0.6) is 5.75 Å². The molecule has 27 heavy (non-hydrogen) atoms. The second kappa shape index (κ2) is 7.05. The fourth-order valence-electron chi connectivity index (χ4n) is 2.79. The van der Waals surface area contributed by atoms with E-state index in [1.165, 1.54) is 0 Å². The van der Waals surface area contributed by atoms with Crippen molar-refractivity contribution in [3.05, 3.63) is 63.7 Å². The van der Waals surface area contributed by atoms with Crippen molar-refractivity contribution in [3.8, 4) is 17.3 Å². The molecule has 0 fully saturated rings. The Morgan fingerprint density at radius 1 is 1.26 bits per heavy atom. The SMILES string of the molecule is NC(=O)Oc1cccc2[nH]c(-c3c(Br)cnn3Cc3ccc(Cl)cc3)nc12. The Morgan fingerprint density at radius 3 is 2.78 bits per heavy atom. The quantitative estimate of drug-likeness (QED) is 0.487. The summed E-state index contributed by atoms with van der Waals surface area (Å²) in [6.07, 6.45) is 0.820. The third kappa shape index (κ3) is 3.54. The van der Waals surface area contributed by atoms with Crippen LogP contribution < -0.4 is 10.5 Å². The highest BCUT2D eigenvalue weighted by Crippen LogP contribution is 2.31. The van der Waals surface area contributed by atoms with Gasteiger partial charge in [0.05, 0.1) is 22.7 Å². The summed E-state index contributed by atoms with van der Waals surface area (Å²) in [5.41, 5.74) is 8.18. The minimum atomic E-state index is -0.888. The van der Waals surface area contributed by atoms with Gasteiger partial charge in [0.15, 0.2) is 11.6 Å². The molecule has 0 bridgehead atoms. The van der Waals surface area contributed by atoms with Gasteiger partial charge in [-0.1, -0.05) is 29.8 Å². The van der Waals surface area contributed by atoms with Gasteiger partial charge in [0, 0.05) is 5.02 Å². The molecule has 2 aromatic carbocycles. The van der Waals surface area contributed by atoms with Crippen LogP contribution in [0.15, 0.2) is 53.1 Å². The van der Waals surface area contributed by atoms with E-state index >= 15 is 0 Å². The van der Waals surface area contributed by atoms with E-state index in [2.05, 4.69) is 31.0 Å². The summed E-state index contributed by atoms with van der Waals surface area (Å²) < 4.78 is 7.64. The van der Waals surface area contributed by atoms with Crippen molar-refractivity contribution >= 4 is 44.7 Å². The lowest BCUT2D eigenvalue weighted by molar-refractivity contribution is 0.211. The number of nitrogens with one attached hydrogen (secondary N) is 1. The number of aromatic amines is 1. The van der Waals surface area contributed by atoms with E-state index in [0.29, 0.717) is 28.7 Å². The molecule has 0 radical (unpaired) electrons. The summed E-state index contributed by atoms with van der Waals surface area (Å²) in [7, 11) is 0. The molecule has 0 spiro atoms. The van der Waals surface area contributed by atoms with Crippen LogP contribution in [0.25, 0.3) is 22.6 Å². The van der Waals surface area contributed by atoms with E-state index in [4.69, 9.17) is 22.1 Å². The Labute approximate surface area is 167 Å². The van der Waals surface area contributed by atoms with Gasteiger partial charge in [0.25, 0.3) is 0 Å². The first-order valence-electron chi connectivity index (χ1n) is 7.93. The Morgan fingerprint density at radius 2 is 2.04 bits per heavy atom. The minimum Gasteiger partial charge on any atom is -0.408 e. The predicted octanol–water partition coefficient (Wildman–Crippen LogP) is 4.35. The zero-order valence-corrected chi connectivity index (χ0v) is 16.2. The third-order valence-corrected chi connectivity index (χ3v) is 4.78. The largest absolute Gasteiger partial charge is 0.410 e. The first-order chi connectivity index (χ1) is 13.0. The van der Waals surface area contributed by atoms with Gasteiger partial charge in [-0.15, -0.1) is 0 Å². The average molecular weight is 447 g/mol. The highest BCUT2D eigenvalue weighted by Gasteiger charge is 2.18. The smallest absolute Gasteiger partial charge is 0.408 e. The van der Waals surface area contributed by atoms with Gasteiger partial charge in [0.2, 0.25) is 0 Å². The molecule has 4 rings (SSSR count). The number of nitrogens with zero attached hydrogens (tertiary/aromatic N) is 3. The van der Waals surface area contributed by atoms with Crippen molar-refractivity contribution in [1.29, 1.82) is 0 Å². The topological polar surface area (TPSA) is 98.8 Å². The summed E-state index contributed by atoms with van der Waals surface area (Å²) in [6, 6.07) is 12.8. The fourth-order valence-corrected chi connectivity index (χ4v) is 3.40. The highest BCUT2D eigenvalue weighted by molar-refractivity contribution is 9.10. The van der Waals surface area contributed by atoms with E-state index in [-0.39, 0.29) is 0 Å². The van der Waals surface area contributed by atoms with E-state index in [1.807, 2.05) is 35.0 Å². The maximum absolute atomic E-state index is 11.1. The third-order valence-electron chi connectivity index (χ3n) is 3.95. The van der Waals surface area contributed by atoms with Gasteiger partial charge < -0.3 is 15.5 Å². The molecule has 0 saturated heterocycles. The lowest BCUT2D eigenvalue weighted by Crippen LogP contribution is -2.16. The van der Waals surface area contributed by atoms with E-state index in [0.717, 1.165) is 21.2 Å². The van der Waals surface area contributed by atoms with Crippen molar-refractivity contribution in [3.63, 3.8) is 0 Å². The van der Waals surface area contributed by atoms with Gasteiger partial charge >= 0.3 is 6.09 Å². The number of rotatable bonds is 4. The number of nitrogens with two attached hydrogens (primary N) is 1. The van der Waals surface area contributed by atoms with Crippen LogP contribution in [-0.2, 0) is 6.54 Å². The summed E-state index contributed by atoms with van der Waals surface area (Å²) in [5.74, 6) is 0.881. The van der Waals surface area contributed by atoms with Crippen LogP contribution in [0, 0.1) is 0 Å². The molecular weight excluding hydrogens is 434 g/mol. The molecule has 0 aliphatic heterocycles. The Hall–Kier alpha value is -2.84. The van der Waals surface area contributed by atoms with Crippen LogP contribution in [-0.4, -0.2) is 25.8 Å². The average Bonchev–Trinajstić information content (AvgIpc) is 3.20. The molecule has 1 amide bonds. The highest BCUT2D eigenvalue weighted by atomic mass is 79.9. The van der Waals surface area contributed by atoms with Crippen molar-refractivity contribution in [2.45, 2.75) is 6.54 Å². The first-order valence-corrected chi connectivity index (χ1v) is 9.10. The summed E-state index contributed by atoms with van der Waals surface area (Å²) in [6.45, 7) is 0.541. The van der Waals surface area contributed by atoms with Gasteiger partial charge in [-0.2, -0.15) is 5.10 Å². The maximum Gasteiger partial charge on any atom is 0.410 e. The molecule has 0 saturated carbocycles. The number of ether oxygens (including phenoxy) is 1. The molecule has 3 N–H and O–H groups in total. The number of para-hydroxylation sites is 1. The number of fused-ring (bicyclic) bond motifs is 1. The number of primary amides is 1. The van der Waals surface area contributed by atoms with Crippen LogP contribution in [0.4, 0.5) is 4.79 Å². The van der Waals surface area contributed by atoms with Crippen molar-refractivity contribution in [1.82, 2.24) is 19.7 Å². The molecule has 4 aromatic rings. The van der Waals surface area contributed by atoms with Crippen molar-refractivity contribution in [2.75, 3.05) is 0 Å². The van der Waals surface area contributed by atoms with Gasteiger partial charge in [0.1, 0.15) is 11.2 Å². The molecule has 0 aliphatic carbocycles. The number of H-pyrrole nitrogens is 1. The maximum atomic E-state index is 11.1. The Balaban J connectivity index is 1.76. The van der Waals surface area contributed by atoms with E-state index in [9.17, 15) is 4.79 Å². The van der Waals surface area contributed by atoms with Crippen molar-refractivity contribution < 1.29 is 9.53 Å². The number of aromatic nitrogens is 4. The molecule has 0 aliphatic rings. The van der Waals surface area contributed by atoms with Gasteiger partial charge in [-0.05, 0) is 45.8 Å². The molecule has 2 aromatic heterocycles. The number of halogens is 2. The zero-order chi connectivity index (χ0) is 19.0. The summed E-state index contributed by atoms with van der Waals surface area (Å²) >= 11 is 9.48. The summed E-state index contributed by atoms with van der Waals surface area (Å²) in [4.78, 5) is 18.9. The Bertz CT molecular complexity index is 1140. The van der Waals surface area contributed by atoms with E-state index in [1.54, 1.807) is 18.3 Å². The number of carbonyl (C=O) groups excluding carboxylic acids is 1. The van der Waals surface area contributed by atoms with Gasteiger partial charge in [-0.3, -0.25) is 4.68 Å². The molecule has 0 atom stereocenters. The molecule has 9 heteroatoms. The fraction of sp³-hybridized carbons (Fsp3) is 0.0556. The molecular formula is C18H13BrClN5O2. The number of imidazole rings is 1. The van der Waals surface area contributed by atoms with Crippen LogP contribution >= 0.6 is 27.5 Å². The first kappa shape index (κ1) is 17.6. The van der Waals surface area contributed by atoms with Crippen LogP contribution in [0.1, 0.15) is 5.56 Å². The number of amides is 1. The lowest BCUT2D eigenvalue weighted by Gasteiger charge is -2.06. The number of hydrogen-bond donors (Lipinski definition) is 2. The normalized spacial score (nSPS) is 11.0. The summed E-state index contributed by atoms with van der Waals surface area (Å²) in [5, 5.41) is 5.10. The predicted molar refractivity (Wildman–Crippen MR) is 106 cm³/mol. The lowest BCUT2D eigenvalue weighted by atomic mass is 10.2. The van der Waals surface area contributed by atoms with E-state index < -0.39 is 6.09 Å². The Kier molecular flexibility index (Phi) is 4.59. The van der Waals surface area contributed by atoms with Crippen LogP contribution in [0.3, 0.4) is 0 Å². The molecule has 136 valence electrons. The zero-order valence-electron chi connectivity index (χ0n) is 13.8. The van der Waals surface area contributed by atoms with Crippen LogP contribution in [0.2, 0.25) is 5.02 Å². The van der Waals surface area contributed by atoms with Gasteiger partial charge in [-0.25, -0.2) is 9.78 Å². The minimum absolute atomic E-state index is 0.294. The second-order valence-corrected chi connectivity index (χ2v) is 7.07. The monoisotopic (exact) mass is 445 g/mol. The number of benzene rings is 2. The number of hydrogen-bond acceptors (Lipinski definition) is 4. The molecule has 0 unspecified atom stereocenters. The standard InChI is InChI=1S/C18H13BrClN5O2/c19-12-8-22-25(9-10-4-6-11(20)7-5-10)16(12)17-23-13-2-1-3-14(15(13)24-17)27-18(21)26/h1-8H,9H2,(H2,21,26)(H,23,24).